The second-order valence-electron chi connectivity index (χ2n) is 7.81. The minimum absolute atomic E-state index is 0.109. The Morgan fingerprint density at radius 1 is 1.14 bits per heavy atom. The van der Waals surface area contributed by atoms with E-state index in [2.05, 4.69) is 56.9 Å². The van der Waals surface area contributed by atoms with Crippen LogP contribution in [0.3, 0.4) is 0 Å². The molecule has 182 valence electrons. The van der Waals surface area contributed by atoms with Gasteiger partial charge in [-0.05, 0) is 28.1 Å². The molecule has 1 fully saturated rings. The van der Waals surface area contributed by atoms with Crippen molar-refractivity contribution in [2.75, 3.05) is 56.2 Å². The first-order chi connectivity index (χ1) is 17.1. The van der Waals surface area contributed by atoms with E-state index in [1.807, 2.05) is 24.3 Å². The number of piperazine rings is 1. The molecule has 0 aliphatic carbocycles. The van der Waals surface area contributed by atoms with Gasteiger partial charge in [-0.25, -0.2) is 9.97 Å². The molecule has 1 aliphatic heterocycles. The molecule has 2 N–H and O–H groups in total. The van der Waals surface area contributed by atoms with Gasteiger partial charge in [-0.15, -0.1) is 6.42 Å². The van der Waals surface area contributed by atoms with Gasteiger partial charge in [-0.1, -0.05) is 12.0 Å². The standard InChI is InChI=1S/C24H26BrN7O3/c1-2-12-34-23-21(25)14-28-24(30-23)29-18-4-3-5-20(13-18)35-17-19(33)16-31-8-10-32(11-9-31)22-15-26-6-7-27-22/h1,3-7,13-15,19,33H,8-12,16-17H2,(H,28,29,30). The molecule has 1 saturated heterocycles. The van der Waals surface area contributed by atoms with Gasteiger partial charge < -0.3 is 24.8 Å². The average Bonchev–Trinajstić information content (AvgIpc) is 2.89. The van der Waals surface area contributed by atoms with Gasteiger partial charge in [0.1, 0.15) is 24.3 Å². The Labute approximate surface area is 212 Å². The lowest BCUT2D eigenvalue weighted by Crippen LogP contribution is -2.49. The van der Waals surface area contributed by atoms with Crippen LogP contribution in [-0.4, -0.2) is 82.0 Å². The molecule has 0 saturated carbocycles. The van der Waals surface area contributed by atoms with Gasteiger partial charge in [0.15, 0.2) is 6.61 Å². The molecular formula is C24H26BrN7O3. The third-order valence-electron chi connectivity index (χ3n) is 5.25. The first kappa shape index (κ1) is 24.7. The maximum absolute atomic E-state index is 10.5. The van der Waals surface area contributed by atoms with Gasteiger partial charge in [-0.3, -0.25) is 9.88 Å². The quantitative estimate of drug-likeness (QED) is 0.372. The smallest absolute Gasteiger partial charge is 0.233 e. The van der Waals surface area contributed by atoms with Crippen LogP contribution in [0, 0.1) is 12.3 Å². The summed E-state index contributed by atoms with van der Waals surface area (Å²) in [6, 6.07) is 7.37. The number of β-amino-alcohol motifs (C(OH)–C–C–N with tert-alkyl or cyclic N) is 1. The number of hydrogen-bond donors (Lipinski definition) is 2. The van der Waals surface area contributed by atoms with Crippen molar-refractivity contribution in [3.8, 4) is 24.0 Å². The van der Waals surface area contributed by atoms with Gasteiger partial charge in [-0.2, -0.15) is 4.98 Å². The Kier molecular flexibility index (Phi) is 8.67. The molecule has 0 bridgehead atoms. The third-order valence-corrected chi connectivity index (χ3v) is 5.80. The van der Waals surface area contributed by atoms with Crippen LogP contribution < -0.4 is 19.7 Å². The number of aromatic nitrogens is 4. The van der Waals surface area contributed by atoms with Gasteiger partial charge >= 0.3 is 0 Å². The summed E-state index contributed by atoms with van der Waals surface area (Å²) < 4.78 is 11.8. The molecule has 1 atom stereocenters. The Balaban J connectivity index is 1.24. The molecule has 0 spiro atoms. The largest absolute Gasteiger partial charge is 0.491 e. The van der Waals surface area contributed by atoms with Crippen LogP contribution in [0.5, 0.6) is 11.6 Å². The molecular weight excluding hydrogens is 514 g/mol. The van der Waals surface area contributed by atoms with Crippen molar-refractivity contribution in [3.63, 3.8) is 0 Å². The monoisotopic (exact) mass is 539 g/mol. The number of nitrogens with one attached hydrogen (secondary N) is 1. The van der Waals surface area contributed by atoms with Crippen molar-refractivity contribution in [1.29, 1.82) is 0 Å². The van der Waals surface area contributed by atoms with Crippen LogP contribution in [0.15, 0.2) is 53.5 Å². The summed E-state index contributed by atoms with van der Waals surface area (Å²) in [7, 11) is 0. The van der Waals surface area contributed by atoms with E-state index in [9.17, 15) is 5.11 Å². The highest BCUT2D eigenvalue weighted by atomic mass is 79.9. The lowest BCUT2D eigenvalue weighted by molar-refractivity contribution is 0.0663. The summed E-state index contributed by atoms with van der Waals surface area (Å²) in [6.07, 6.45) is 11.4. The zero-order chi connectivity index (χ0) is 24.5. The number of hydrogen-bond acceptors (Lipinski definition) is 10. The van der Waals surface area contributed by atoms with E-state index in [4.69, 9.17) is 15.9 Å². The first-order valence-corrected chi connectivity index (χ1v) is 11.9. The van der Waals surface area contributed by atoms with E-state index in [-0.39, 0.29) is 13.2 Å². The van der Waals surface area contributed by atoms with E-state index >= 15 is 0 Å². The van der Waals surface area contributed by atoms with E-state index in [1.165, 1.54) is 0 Å². The van der Waals surface area contributed by atoms with Crippen molar-refractivity contribution in [2.45, 2.75) is 6.10 Å². The molecule has 10 nitrogen and oxygen atoms in total. The second kappa shape index (κ2) is 12.3. The van der Waals surface area contributed by atoms with Crippen LogP contribution in [0.2, 0.25) is 0 Å². The van der Waals surface area contributed by atoms with E-state index in [0.29, 0.717) is 28.6 Å². The molecule has 35 heavy (non-hydrogen) atoms. The summed E-state index contributed by atoms with van der Waals surface area (Å²) in [5.74, 6) is 4.63. The normalized spacial score (nSPS) is 14.7. The molecule has 1 unspecified atom stereocenters. The minimum atomic E-state index is -0.611. The highest BCUT2D eigenvalue weighted by Gasteiger charge is 2.20. The molecule has 11 heteroatoms. The lowest BCUT2D eigenvalue weighted by atomic mass is 10.2. The van der Waals surface area contributed by atoms with Crippen LogP contribution in [0.1, 0.15) is 0 Å². The molecule has 0 amide bonds. The Morgan fingerprint density at radius 2 is 2.00 bits per heavy atom. The average molecular weight is 540 g/mol. The lowest BCUT2D eigenvalue weighted by Gasteiger charge is -2.36. The molecule has 2 aromatic heterocycles. The number of rotatable bonds is 10. The molecule has 3 heterocycles. The van der Waals surface area contributed by atoms with Crippen LogP contribution in [0.4, 0.5) is 17.5 Å². The van der Waals surface area contributed by atoms with Crippen molar-refractivity contribution in [3.05, 3.63) is 53.5 Å². The predicted molar refractivity (Wildman–Crippen MR) is 136 cm³/mol. The number of ether oxygens (including phenoxy) is 2. The fourth-order valence-electron chi connectivity index (χ4n) is 3.57. The topological polar surface area (TPSA) is 109 Å². The van der Waals surface area contributed by atoms with Crippen LogP contribution >= 0.6 is 15.9 Å². The number of aliphatic hydroxyl groups is 1. The number of halogens is 1. The zero-order valence-corrected chi connectivity index (χ0v) is 20.6. The highest BCUT2D eigenvalue weighted by Crippen LogP contribution is 2.25. The molecule has 3 aromatic rings. The summed E-state index contributed by atoms with van der Waals surface area (Å²) in [5, 5.41) is 13.6. The van der Waals surface area contributed by atoms with Gasteiger partial charge in [0.2, 0.25) is 11.8 Å². The first-order valence-electron chi connectivity index (χ1n) is 11.1. The van der Waals surface area contributed by atoms with Crippen molar-refractivity contribution < 1.29 is 14.6 Å². The summed E-state index contributed by atoms with van der Waals surface area (Å²) in [4.78, 5) is 21.5. The fourth-order valence-corrected chi connectivity index (χ4v) is 3.88. The van der Waals surface area contributed by atoms with Gasteiger partial charge in [0.25, 0.3) is 0 Å². The Hall–Kier alpha value is -3.46. The predicted octanol–water partition coefficient (Wildman–Crippen LogP) is 2.35. The molecule has 4 rings (SSSR count). The van der Waals surface area contributed by atoms with Crippen LogP contribution in [-0.2, 0) is 0 Å². The third kappa shape index (κ3) is 7.26. The molecule has 1 aromatic carbocycles. The Bertz CT molecular complexity index is 1140. The zero-order valence-electron chi connectivity index (χ0n) is 19.0. The molecule has 1 aliphatic rings. The number of aliphatic hydroxyl groups excluding tert-OH is 1. The Morgan fingerprint density at radius 3 is 2.77 bits per heavy atom. The van der Waals surface area contributed by atoms with Crippen molar-refractivity contribution in [2.24, 2.45) is 0 Å². The highest BCUT2D eigenvalue weighted by molar-refractivity contribution is 9.10. The van der Waals surface area contributed by atoms with E-state index in [0.717, 1.165) is 37.7 Å². The fraction of sp³-hybridized carbons (Fsp3) is 0.333. The van der Waals surface area contributed by atoms with Gasteiger partial charge in [0.05, 0.1) is 16.9 Å². The summed E-state index contributed by atoms with van der Waals surface area (Å²) in [6.45, 7) is 4.20. The number of terminal acetylenes is 1. The second-order valence-corrected chi connectivity index (χ2v) is 8.66. The number of benzene rings is 1. The summed E-state index contributed by atoms with van der Waals surface area (Å²) >= 11 is 3.34. The SMILES string of the molecule is C#CCOc1nc(Nc2cccc(OCC(O)CN3CCN(c4cnccn4)CC3)c2)ncc1Br. The minimum Gasteiger partial charge on any atom is -0.491 e. The van der Waals surface area contributed by atoms with Crippen molar-refractivity contribution >= 4 is 33.4 Å². The van der Waals surface area contributed by atoms with E-state index < -0.39 is 6.10 Å². The maximum atomic E-state index is 10.5. The number of nitrogens with zero attached hydrogens (tertiary/aromatic N) is 6. The van der Waals surface area contributed by atoms with Crippen molar-refractivity contribution in [1.82, 2.24) is 24.8 Å². The van der Waals surface area contributed by atoms with E-state index in [1.54, 1.807) is 24.8 Å². The number of anilines is 3. The molecule has 0 radical (unpaired) electrons. The maximum Gasteiger partial charge on any atom is 0.233 e. The summed E-state index contributed by atoms with van der Waals surface area (Å²) in [5.41, 5.74) is 0.738. The van der Waals surface area contributed by atoms with Gasteiger partial charge in [0, 0.05) is 56.9 Å². The van der Waals surface area contributed by atoms with Crippen LogP contribution in [0.25, 0.3) is 0 Å².